The Kier molecular flexibility index (Phi) is 4.78. The second-order valence-corrected chi connectivity index (χ2v) is 6.08. The third-order valence-electron chi connectivity index (χ3n) is 3.85. The number of amides is 1. The molecule has 0 radical (unpaired) electrons. The van der Waals surface area contributed by atoms with Crippen LogP contribution in [0.3, 0.4) is 0 Å². The van der Waals surface area contributed by atoms with E-state index in [1.807, 2.05) is 11.3 Å². The fraction of sp³-hybridized carbons (Fsp3) is 0.643. The number of carbonyl (C=O) groups excluding carboxylic acids is 1. The van der Waals surface area contributed by atoms with Crippen LogP contribution in [-0.2, 0) is 10.2 Å². The summed E-state index contributed by atoms with van der Waals surface area (Å²) in [6.07, 6.45) is 6.67. The highest BCUT2D eigenvalue weighted by Crippen LogP contribution is 2.41. The topological polar surface area (TPSA) is 55.1 Å². The summed E-state index contributed by atoms with van der Waals surface area (Å²) in [6.45, 7) is 1.20. The van der Waals surface area contributed by atoms with Crippen molar-refractivity contribution < 1.29 is 4.79 Å². The molecular formula is C14H22N2OS. The van der Waals surface area contributed by atoms with Crippen molar-refractivity contribution in [2.45, 2.75) is 43.9 Å². The van der Waals surface area contributed by atoms with Crippen molar-refractivity contribution in [2.24, 2.45) is 5.73 Å². The number of thiophene rings is 1. The summed E-state index contributed by atoms with van der Waals surface area (Å²) in [6, 6.07) is 4.32. The Bertz CT molecular complexity index is 369. The van der Waals surface area contributed by atoms with Crippen LogP contribution in [-0.4, -0.2) is 19.0 Å². The summed E-state index contributed by atoms with van der Waals surface area (Å²) in [4.78, 5) is 13.0. The molecule has 18 heavy (non-hydrogen) atoms. The van der Waals surface area contributed by atoms with Gasteiger partial charge in [0.1, 0.15) is 0 Å². The largest absolute Gasteiger partial charge is 0.355 e. The first-order valence-electron chi connectivity index (χ1n) is 6.78. The maximum Gasteiger partial charge on any atom is 0.221 e. The summed E-state index contributed by atoms with van der Waals surface area (Å²) in [5.41, 5.74) is 5.58. The third kappa shape index (κ3) is 3.12. The van der Waals surface area contributed by atoms with Gasteiger partial charge in [0.25, 0.3) is 0 Å². The van der Waals surface area contributed by atoms with E-state index in [1.54, 1.807) is 0 Å². The highest BCUT2D eigenvalue weighted by atomic mass is 32.1. The van der Waals surface area contributed by atoms with Gasteiger partial charge in [0.2, 0.25) is 5.91 Å². The summed E-state index contributed by atoms with van der Waals surface area (Å²) >= 11 is 1.82. The first-order chi connectivity index (χ1) is 8.77. The quantitative estimate of drug-likeness (QED) is 0.860. The van der Waals surface area contributed by atoms with Crippen LogP contribution in [0.4, 0.5) is 0 Å². The molecule has 100 valence electrons. The van der Waals surface area contributed by atoms with Crippen LogP contribution >= 0.6 is 11.3 Å². The molecule has 1 aliphatic rings. The monoisotopic (exact) mass is 266 g/mol. The summed E-state index contributed by atoms with van der Waals surface area (Å²) < 4.78 is 0. The van der Waals surface area contributed by atoms with E-state index in [9.17, 15) is 4.79 Å². The van der Waals surface area contributed by atoms with Gasteiger partial charge in [-0.25, -0.2) is 0 Å². The average Bonchev–Trinajstić information content (AvgIpc) is 2.92. The van der Waals surface area contributed by atoms with Crippen molar-refractivity contribution in [1.82, 2.24) is 5.32 Å². The van der Waals surface area contributed by atoms with Gasteiger partial charge in [-0.05, 0) is 24.3 Å². The third-order valence-corrected chi connectivity index (χ3v) is 4.97. The minimum absolute atomic E-state index is 0.0824. The zero-order valence-electron chi connectivity index (χ0n) is 10.8. The number of carbonyl (C=O) groups is 1. The zero-order valence-corrected chi connectivity index (χ0v) is 11.6. The highest BCUT2D eigenvalue weighted by molar-refractivity contribution is 7.10. The van der Waals surface area contributed by atoms with E-state index in [1.165, 1.54) is 37.0 Å². The molecule has 0 saturated heterocycles. The van der Waals surface area contributed by atoms with Crippen LogP contribution in [0, 0.1) is 0 Å². The van der Waals surface area contributed by atoms with Crippen molar-refractivity contribution >= 4 is 17.2 Å². The molecule has 1 fully saturated rings. The summed E-state index contributed by atoms with van der Waals surface area (Å²) in [5.74, 6) is 0.0824. The molecule has 0 bridgehead atoms. The molecular weight excluding hydrogens is 244 g/mol. The van der Waals surface area contributed by atoms with Crippen LogP contribution in [0.15, 0.2) is 17.5 Å². The van der Waals surface area contributed by atoms with Gasteiger partial charge in [-0.2, -0.15) is 0 Å². The van der Waals surface area contributed by atoms with Crippen LogP contribution in [0.2, 0.25) is 0 Å². The van der Waals surface area contributed by atoms with Crippen molar-refractivity contribution in [3.05, 3.63) is 22.4 Å². The van der Waals surface area contributed by atoms with Gasteiger partial charge in [0.15, 0.2) is 0 Å². The van der Waals surface area contributed by atoms with Gasteiger partial charge in [-0.1, -0.05) is 25.3 Å². The van der Waals surface area contributed by atoms with Crippen molar-refractivity contribution in [3.63, 3.8) is 0 Å². The number of rotatable bonds is 5. The van der Waals surface area contributed by atoms with Crippen molar-refractivity contribution in [1.29, 1.82) is 0 Å². The molecule has 0 atom stereocenters. The molecule has 1 heterocycles. The van der Waals surface area contributed by atoms with Crippen molar-refractivity contribution in [2.75, 3.05) is 13.1 Å². The SMILES string of the molecule is NCCC(=O)NCC1(c2cccs2)CCCCC1. The second kappa shape index (κ2) is 6.34. The number of hydrogen-bond donors (Lipinski definition) is 2. The molecule has 2 rings (SSSR count). The van der Waals surface area contributed by atoms with E-state index in [-0.39, 0.29) is 11.3 Å². The van der Waals surface area contributed by atoms with Gasteiger partial charge in [-0.3, -0.25) is 4.79 Å². The average molecular weight is 266 g/mol. The minimum Gasteiger partial charge on any atom is -0.355 e. The maximum absolute atomic E-state index is 11.6. The molecule has 3 nitrogen and oxygen atoms in total. The fourth-order valence-corrected chi connectivity index (χ4v) is 3.79. The lowest BCUT2D eigenvalue weighted by Crippen LogP contribution is -2.42. The summed E-state index contributed by atoms with van der Waals surface area (Å²) in [5, 5.41) is 5.20. The van der Waals surface area contributed by atoms with Gasteiger partial charge in [-0.15, -0.1) is 11.3 Å². The normalized spacial score (nSPS) is 18.5. The highest BCUT2D eigenvalue weighted by Gasteiger charge is 2.34. The van der Waals surface area contributed by atoms with E-state index >= 15 is 0 Å². The van der Waals surface area contributed by atoms with E-state index in [4.69, 9.17) is 5.73 Å². The first kappa shape index (κ1) is 13.6. The first-order valence-corrected chi connectivity index (χ1v) is 7.65. The standard InChI is InChI=1S/C14H22N2OS/c15-9-6-13(17)16-11-14(7-2-1-3-8-14)12-5-4-10-18-12/h4-5,10H,1-3,6-9,11,15H2,(H,16,17). The number of nitrogens with two attached hydrogens (primary N) is 1. The van der Waals surface area contributed by atoms with Crippen LogP contribution in [0.25, 0.3) is 0 Å². The molecule has 1 aromatic heterocycles. The van der Waals surface area contributed by atoms with E-state index in [0.29, 0.717) is 13.0 Å². The Morgan fingerprint density at radius 2 is 2.17 bits per heavy atom. The Morgan fingerprint density at radius 3 is 2.78 bits per heavy atom. The predicted octanol–water partition coefficient (Wildman–Crippen LogP) is 2.42. The van der Waals surface area contributed by atoms with Gasteiger partial charge < -0.3 is 11.1 Å². The second-order valence-electron chi connectivity index (χ2n) is 5.13. The lowest BCUT2D eigenvalue weighted by molar-refractivity contribution is -0.121. The molecule has 1 aliphatic carbocycles. The maximum atomic E-state index is 11.6. The van der Waals surface area contributed by atoms with Crippen LogP contribution in [0.1, 0.15) is 43.4 Å². The Hall–Kier alpha value is -0.870. The smallest absolute Gasteiger partial charge is 0.221 e. The molecule has 0 spiro atoms. The van der Waals surface area contributed by atoms with Gasteiger partial charge in [0.05, 0.1) is 0 Å². The molecule has 3 N–H and O–H groups in total. The van der Waals surface area contributed by atoms with Gasteiger partial charge in [0, 0.05) is 29.8 Å². The fourth-order valence-electron chi connectivity index (χ4n) is 2.81. The molecule has 4 heteroatoms. The van der Waals surface area contributed by atoms with E-state index in [0.717, 1.165) is 6.54 Å². The molecule has 1 aromatic rings. The van der Waals surface area contributed by atoms with Crippen molar-refractivity contribution in [3.8, 4) is 0 Å². The minimum atomic E-state index is 0.0824. The van der Waals surface area contributed by atoms with Crippen LogP contribution < -0.4 is 11.1 Å². The van der Waals surface area contributed by atoms with E-state index in [2.05, 4.69) is 22.8 Å². The Balaban J connectivity index is 2.03. The molecule has 0 aromatic carbocycles. The molecule has 1 saturated carbocycles. The number of nitrogens with one attached hydrogen (secondary N) is 1. The zero-order chi connectivity index (χ0) is 12.8. The van der Waals surface area contributed by atoms with Crippen LogP contribution in [0.5, 0.6) is 0 Å². The van der Waals surface area contributed by atoms with E-state index < -0.39 is 0 Å². The lowest BCUT2D eigenvalue weighted by Gasteiger charge is -2.36. The predicted molar refractivity (Wildman–Crippen MR) is 75.8 cm³/mol. The number of hydrogen-bond acceptors (Lipinski definition) is 3. The molecule has 0 aliphatic heterocycles. The Labute approximate surface area is 113 Å². The summed E-state index contributed by atoms with van der Waals surface area (Å²) in [7, 11) is 0. The Morgan fingerprint density at radius 1 is 1.39 bits per heavy atom. The van der Waals surface area contributed by atoms with Gasteiger partial charge >= 0.3 is 0 Å². The molecule has 0 unspecified atom stereocenters. The lowest BCUT2D eigenvalue weighted by atomic mass is 9.73. The molecule has 1 amide bonds.